The van der Waals surface area contributed by atoms with Crippen LogP contribution in [0.3, 0.4) is 0 Å². The summed E-state index contributed by atoms with van der Waals surface area (Å²) in [6, 6.07) is 9.70. The van der Waals surface area contributed by atoms with E-state index in [0.29, 0.717) is 6.54 Å². The topological polar surface area (TPSA) is 43.7 Å². The van der Waals surface area contributed by atoms with Crippen LogP contribution < -0.4 is 0 Å². The SMILES string of the molecule is C[C@]1(O)CCCC[C@H]1N(O)Cc1ccccc1. The number of nitrogens with zero attached hydrogens (tertiary/aromatic N) is 1. The highest BCUT2D eigenvalue weighted by Crippen LogP contribution is 2.31. The predicted molar refractivity (Wildman–Crippen MR) is 66.7 cm³/mol. The third-order valence-corrected chi connectivity index (χ3v) is 3.68. The van der Waals surface area contributed by atoms with E-state index in [9.17, 15) is 10.3 Å². The summed E-state index contributed by atoms with van der Waals surface area (Å²) >= 11 is 0. The molecule has 17 heavy (non-hydrogen) atoms. The van der Waals surface area contributed by atoms with Crippen LogP contribution in [-0.2, 0) is 6.54 Å². The Hall–Kier alpha value is -0.900. The molecule has 1 saturated carbocycles. The van der Waals surface area contributed by atoms with E-state index in [4.69, 9.17) is 0 Å². The molecule has 2 atom stereocenters. The molecule has 3 nitrogen and oxygen atoms in total. The molecule has 1 fully saturated rings. The van der Waals surface area contributed by atoms with Crippen LogP contribution in [0.1, 0.15) is 38.2 Å². The molecule has 1 aliphatic rings. The van der Waals surface area contributed by atoms with E-state index in [2.05, 4.69) is 0 Å². The molecule has 0 spiro atoms. The quantitative estimate of drug-likeness (QED) is 0.791. The number of benzene rings is 1. The fraction of sp³-hybridized carbons (Fsp3) is 0.571. The van der Waals surface area contributed by atoms with E-state index >= 15 is 0 Å². The van der Waals surface area contributed by atoms with Crippen LogP contribution in [0, 0.1) is 0 Å². The Morgan fingerprint density at radius 1 is 1.29 bits per heavy atom. The van der Waals surface area contributed by atoms with Crippen molar-refractivity contribution in [3.8, 4) is 0 Å². The van der Waals surface area contributed by atoms with Gasteiger partial charge in [0.05, 0.1) is 11.6 Å². The Morgan fingerprint density at radius 2 is 2.00 bits per heavy atom. The molecule has 1 aliphatic carbocycles. The first-order valence-electron chi connectivity index (χ1n) is 6.31. The lowest BCUT2D eigenvalue weighted by Gasteiger charge is -2.41. The van der Waals surface area contributed by atoms with Crippen molar-refractivity contribution in [3.05, 3.63) is 35.9 Å². The van der Waals surface area contributed by atoms with E-state index in [-0.39, 0.29) is 6.04 Å². The maximum Gasteiger partial charge on any atom is 0.0797 e. The minimum Gasteiger partial charge on any atom is -0.388 e. The summed E-state index contributed by atoms with van der Waals surface area (Å²) in [7, 11) is 0. The summed E-state index contributed by atoms with van der Waals surface area (Å²) in [5, 5.41) is 21.7. The summed E-state index contributed by atoms with van der Waals surface area (Å²) in [5.74, 6) is 0. The van der Waals surface area contributed by atoms with Crippen molar-refractivity contribution >= 4 is 0 Å². The van der Waals surface area contributed by atoms with Gasteiger partial charge in [0, 0.05) is 6.54 Å². The first-order chi connectivity index (χ1) is 8.09. The van der Waals surface area contributed by atoms with Gasteiger partial charge < -0.3 is 10.3 Å². The minimum absolute atomic E-state index is 0.156. The van der Waals surface area contributed by atoms with Gasteiger partial charge >= 0.3 is 0 Å². The minimum atomic E-state index is -0.776. The number of hydroxylamine groups is 2. The monoisotopic (exact) mass is 235 g/mol. The maximum absolute atomic E-state index is 10.3. The number of hydrogen-bond donors (Lipinski definition) is 2. The lowest BCUT2D eigenvalue weighted by molar-refractivity contribution is -0.198. The van der Waals surface area contributed by atoms with Gasteiger partial charge in [0.1, 0.15) is 0 Å². The molecule has 2 N–H and O–H groups in total. The van der Waals surface area contributed by atoms with Crippen LogP contribution in [0.4, 0.5) is 0 Å². The zero-order chi connectivity index (χ0) is 12.3. The fourth-order valence-electron chi connectivity index (χ4n) is 2.65. The third kappa shape index (κ3) is 3.06. The summed E-state index contributed by atoms with van der Waals surface area (Å²) < 4.78 is 0. The van der Waals surface area contributed by atoms with Gasteiger partial charge in [-0.25, -0.2) is 0 Å². The predicted octanol–water partition coefficient (Wildman–Crippen LogP) is 2.57. The number of aliphatic hydroxyl groups is 1. The Labute approximate surface area is 103 Å². The Kier molecular flexibility index (Phi) is 3.82. The molecule has 0 aliphatic heterocycles. The van der Waals surface area contributed by atoms with Crippen molar-refractivity contribution in [1.82, 2.24) is 5.06 Å². The van der Waals surface area contributed by atoms with E-state index in [0.717, 1.165) is 31.2 Å². The second-order valence-corrected chi connectivity index (χ2v) is 5.20. The highest BCUT2D eigenvalue weighted by molar-refractivity contribution is 5.14. The van der Waals surface area contributed by atoms with Crippen LogP contribution in [0.2, 0.25) is 0 Å². The zero-order valence-corrected chi connectivity index (χ0v) is 10.3. The van der Waals surface area contributed by atoms with E-state index in [1.165, 1.54) is 5.06 Å². The summed E-state index contributed by atoms with van der Waals surface area (Å²) in [6.07, 6.45) is 3.75. The summed E-state index contributed by atoms with van der Waals surface area (Å²) in [4.78, 5) is 0. The van der Waals surface area contributed by atoms with Gasteiger partial charge in [0.2, 0.25) is 0 Å². The maximum atomic E-state index is 10.3. The summed E-state index contributed by atoms with van der Waals surface area (Å²) in [6.45, 7) is 2.30. The zero-order valence-electron chi connectivity index (χ0n) is 10.3. The molecule has 0 amide bonds. The van der Waals surface area contributed by atoms with Crippen molar-refractivity contribution < 1.29 is 10.3 Å². The fourth-order valence-corrected chi connectivity index (χ4v) is 2.65. The number of hydrogen-bond acceptors (Lipinski definition) is 3. The standard InChI is InChI=1S/C14H21NO2/c1-14(16)10-6-5-9-13(14)15(17)11-12-7-3-2-4-8-12/h2-4,7-8,13,16-17H,5-6,9-11H2,1H3/t13-,14+/m1/s1. The van der Waals surface area contributed by atoms with Crippen LogP contribution in [0.25, 0.3) is 0 Å². The first kappa shape index (κ1) is 12.6. The first-order valence-corrected chi connectivity index (χ1v) is 6.31. The smallest absolute Gasteiger partial charge is 0.0797 e. The molecule has 0 unspecified atom stereocenters. The molecule has 3 heteroatoms. The van der Waals surface area contributed by atoms with Crippen molar-refractivity contribution in [2.24, 2.45) is 0 Å². The lowest BCUT2D eigenvalue weighted by atomic mass is 9.81. The Bertz CT molecular complexity index is 350. The van der Waals surface area contributed by atoms with Crippen LogP contribution in [0.15, 0.2) is 30.3 Å². The van der Waals surface area contributed by atoms with Crippen molar-refractivity contribution in [2.75, 3.05) is 0 Å². The average Bonchev–Trinajstić information content (AvgIpc) is 2.29. The molecule has 0 radical (unpaired) electrons. The van der Waals surface area contributed by atoms with Gasteiger partial charge in [-0.05, 0) is 25.3 Å². The van der Waals surface area contributed by atoms with Crippen LogP contribution in [-0.4, -0.2) is 27.0 Å². The van der Waals surface area contributed by atoms with E-state index in [1.54, 1.807) is 0 Å². The molecule has 1 aromatic carbocycles. The van der Waals surface area contributed by atoms with Crippen molar-refractivity contribution in [1.29, 1.82) is 0 Å². The molecule has 1 aromatic rings. The molecule has 0 saturated heterocycles. The van der Waals surface area contributed by atoms with E-state index < -0.39 is 5.60 Å². The Morgan fingerprint density at radius 3 is 2.65 bits per heavy atom. The van der Waals surface area contributed by atoms with Gasteiger partial charge in [0.15, 0.2) is 0 Å². The molecule has 2 rings (SSSR count). The van der Waals surface area contributed by atoms with Gasteiger partial charge in [-0.3, -0.25) is 0 Å². The second kappa shape index (κ2) is 5.17. The van der Waals surface area contributed by atoms with E-state index in [1.807, 2.05) is 37.3 Å². The molecule has 0 bridgehead atoms. The third-order valence-electron chi connectivity index (χ3n) is 3.68. The normalized spacial score (nSPS) is 29.5. The lowest BCUT2D eigenvalue weighted by Crippen LogP contribution is -2.51. The van der Waals surface area contributed by atoms with Crippen LogP contribution >= 0.6 is 0 Å². The second-order valence-electron chi connectivity index (χ2n) is 5.20. The van der Waals surface area contributed by atoms with Crippen molar-refractivity contribution in [3.63, 3.8) is 0 Å². The molecule has 94 valence electrons. The van der Waals surface area contributed by atoms with Gasteiger partial charge in [-0.1, -0.05) is 43.2 Å². The highest BCUT2D eigenvalue weighted by Gasteiger charge is 2.38. The number of rotatable bonds is 3. The molecular weight excluding hydrogens is 214 g/mol. The average molecular weight is 235 g/mol. The van der Waals surface area contributed by atoms with Gasteiger partial charge in [-0.15, -0.1) is 0 Å². The summed E-state index contributed by atoms with van der Waals surface area (Å²) in [5.41, 5.74) is 0.290. The highest BCUT2D eigenvalue weighted by atomic mass is 16.5. The molecule has 0 aromatic heterocycles. The van der Waals surface area contributed by atoms with Gasteiger partial charge in [0.25, 0.3) is 0 Å². The van der Waals surface area contributed by atoms with Gasteiger partial charge in [-0.2, -0.15) is 5.06 Å². The van der Waals surface area contributed by atoms with Crippen molar-refractivity contribution in [2.45, 2.75) is 50.8 Å². The molecular formula is C14H21NO2. The Balaban J connectivity index is 2.02. The largest absolute Gasteiger partial charge is 0.388 e. The van der Waals surface area contributed by atoms with Crippen LogP contribution in [0.5, 0.6) is 0 Å². The molecule has 0 heterocycles.